The van der Waals surface area contributed by atoms with Gasteiger partial charge in [-0.3, -0.25) is 0 Å². The molecule has 0 amide bonds. The number of rotatable bonds is 0. The Labute approximate surface area is 91.2 Å². The van der Waals surface area contributed by atoms with Gasteiger partial charge in [-0.05, 0) is 61.7 Å². The average molecular weight is 199 g/mol. The summed E-state index contributed by atoms with van der Waals surface area (Å²) in [5.41, 5.74) is 0.639. The van der Waals surface area contributed by atoms with E-state index in [0.717, 1.165) is 17.8 Å². The Morgan fingerprint density at radius 3 is 2.53 bits per heavy atom. The second kappa shape index (κ2) is 2.32. The van der Waals surface area contributed by atoms with Gasteiger partial charge in [-0.25, -0.2) is 0 Å². The predicted octanol–water partition coefficient (Wildman–Crippen LogP) is 3.28. The molecule has 6 aliphatic carbocycles. The van der Waals surface area contributed by atoms with E-state index < -0.39 is 0 Å². The minimum absolute atomic E-state index is 0.0905. The summed E-state index contributed by atoms with van der Waals surface area (Å²) >= 11 is 0. The molecule has 0 heterocycles. The Hall–Kier alpha value is -0.770. The highest BCUT2D eigenvalue weighted by molar-refractivity contribution is 5.26. The van der Waals surface area contributed by atoms with E-state index >= 15 is 0 Å². The largest absolute Gasteiger partial charge is 0.198 e. The van der Waals surface area contributed by atoms with Crippen molar-refractivity contribution < 1.29 is 0 Å². The van der Waals surface area contributed by atoms with E-state index in [1.807, 2.05) is 0 Å². The summed E-state index contributed by atoms with van der Waals surface area (Å²) in [5.74, 6) is 2.57. The molecule has 6 aliphatic rings. The molecular formula is C14H17N. The molecule has 2 atom stereocenters. The van der Waals surface area contributed by atoms with Crippen molar-refractivity contribution in [3.05, 3.63) is 12.2 Å². The van der Waals surface area contributed by atoms with Crippen LogP contribution in [0.5, 0.6) is 0 Å². The first-order valence-electron chi connectivity index (χ1n) is 6.37. The standard InChI is InChI=1S/C14H17N/c15-9-13-3-4-14-2-1-10(5-11(14)7-13)6-12(14)8-13/h1-2,10-12H,3-8H2. The van der Waals surface area contributed by atoms with Crippen molar-refractivity contribution in [2.24, 2.45) is 28.6 Å². The smallest absolute Gasteiger partial charge is 0.0689 e. The molecule has 0 aromatic rings. The van der Waals surface area contributed by atoms with Gasteiger partial charge in [0.15, 0.2) is 0 Å². The summed E-state index contributed by atoms with van der Waals surface area (Å²) < 4.78 is 0. The molecular weight excluding hydrogens is 182 g/mol. The summed E-state index contributed by atoms with van der Waals surface area (Å²) in [6.07, 6.45) is 12.7. The fourth-order valence-electron chi connectivity index (χ4n) is 5.22. The number of fused-ring (bicyclic) bond motifs is 1. The van der Waals surface area contributed by atoms with Crippen LogP contribution in [0.4, 0.5) is 0 Å². The van der Waals surface area contributed by atoms with Crippen LogP contribution in [0.2, 0.25) is 0 Å². The first-order valence-corrected chi connectivity index (χ1v) is 6.37. The molecule has 0 radical (unpaired) electrons. The van der Waals surface area contributed by atoms with E-state index in [9.17, 15) is 5.26 Å². The summed E-state index contributed by atoms with van der Waals surface area (Å²) in [4.78, 5) is 0. The second-order valence-electron chi connectivity index (χ2n) is 6.40. The van der Waals surface area contributed by atoms with E-state index in [0.29, 0.717) is 5.41 Å². The summed E-state index contributed by atoms with van der Waals surface area (Å²) in [6, 6.07) is 2.67. The molecule has 0 aromatic carbocycles. The molecule has 1 heteroatoms. The zero-order valence-electron chi connectivity index (χ0n) is 9.08. The van der Waals surface area contributed by atoms with Crippen LogP contribution in [0, 0.1) is 39.9 Å². The topological polar surface area (TPSA) is 23.8 Å². The molecule has 15 heavy (non-hydrogen) atoms. The van der Waals surface area contributed by atoms with Gasteiger partial charge in [0.05, 0.1) is 11.5 Å². The quantitative estimate of drug-likeness (QED) is 0.549. The van der Waals surface area contributed by atoms with E-state index in [4.69, 9.17) is 0 Å². The van der Waals surface area contributed by atoms with Crippen LogP contribution in [-0.2, 0) is 0 Å². The van der Waals surface area contributed by atoms with E-state index in [1.165, 1.54) is 38.5 Å². The molecule has 4 saturated carbocycles. The maximum Gasteiger partial charge on any atom is 0.0689 e. The van der Waals surface area contributed by atoms with Crippen LogP contribution >= 0.6 is 0 Å². The van der Waals surface area contributed by atoms with Crippen LogP contribution in [-0.4, -0.2) is 0 Å². The highest BCUT2D eigenvalue weighted by Crippen LogP contribution is 2.69. The molecule has 0 saturated heterocycles. The number of hydrogen-bond donors (Lipinski definition) is 0. The highest BCUT2D eigenvalue weighted by Gasteiger charge is 2.62. The molecule has 5 bridgehead atoms. The van der Waals surface area contributed by atoms with Crippen LogP contribution in [0.3, 0.4) is 0 Å². The van der Waals surface area contributed by atoms with Crippen molar-refractivity contribution in [2.45, 2.75) is 38.5 Å². The Kier molecular flexibility index (Phi) is 1.30. The van der Waals surface area contributed by atoms with E-state index in [-0.39, 0.29) is 5.41 Å². The third-order valence-electron chi connectivity index (χ3n) is 5.92. The minimum atomic E-state index is 0.0905. The van der Waals surface area contributed by atoms with E-state index in [1.54, 1.807) is 0 Å². The zero-order valence-corrected chi connectivity index (χ0v) is 9.08. The number of hydrogen-bond acceptors (Lipinski definition) is 1. The van der Waals surface area contributed by atoms with Crippen molar-refractivity contribution in [2.75, 3.05) is 0 Å². The Morgan fingerprint density at radius 1 is 1.13 bits per heavy atom. The molecule has 0 N–H and O–H groups in total. The normalized spacial score (nSPS) is 59.3. The maximum absolute atomic E-state index is 9.42. The van der Waals surface area contributed by atoms with Crippen molar-refractivity contribution in [3.63, 3.8) is 0 Å². The lowest BCUT2D eigenvalue weighted by Gasteiger charge is -2.64. The van der Waals surface area contributed by atoms with Crippen molar-refractivity contribution in [1.29, 1.82) is 5.26 Å². The highest BCUT2D eigenvalue weighted by atomic mass is 14.7. The van der Waals surface area contributed by atoms with Crippen molar-refractivity contribution in [3.8, 4) is 6.07 Å². The molecule has 2 unspecified atom stereocenters. The van der Waals surface area contributed by atoms with Crippen molar-refractivity contribution >= 4 is 0 Å². The van der Waals surface area contributed by atoms with Gasteiger partial charge in [0.25, 0.3) is 0 Å². The molecule has 1 spiro atoms. The van der Waals surface area contributed by atoms with Gasteiger partial charge < -0.3 is 0 Å². The van der Waals surface area contributed by atoms with Gasteiger partial charge in [-0.15, -0.1) is 0 Å². The number of nitriles is 1. The number of allylic oxidation sites excluding steroid dienone is 2. The maximum atomic E-state index is 9.42. The lowest BCUT2D eigenvalue weighted by Crippen LogP contribution is -2.57. The predicted molar refractivity (Wildman–Crippen MR) is 57.8 cm³/mol. The zero-order chi connectivity index (χ0) is 10.1. The van der Waals surface area contributed by atoms with Crippen LogP contribution in [0.1, 0.15) is 38.5 Å². The van der Waals surface area contributed by atoms with Crippen LogP contribution in [0.25, 0.3) is 0 Å². The first-order chi connectivity index (χ1) is 7.26. The number of nitrogens with zero attached hydrogens (tertiary/aromatic N) is 1. The molecule has 4 fully saturated rings. The lowest BCUT2D eigenvalue weighted by atomic mass is 9.39. The van der Waals surface area contributed by atoms with Crippen molar-refractivity contribution in [1.82, 2.24) is 0 Å². The van der Waals surface area contributed by atoms with Gasteiger partial charge >= 0.3 is 0 Å². The molecule has 1 nitrogen and oxygen atoms in total. The van der Waals surface area contributed by atoms with Gasteiger partial charge in [0.1, 0.15) is 0 Å². The Morgan fingerprint density at radius 2 is 1.87 bits per heavy atom. The molecule has 6 rings (SSSR count). The second-order valence-corrected chi connectivity index (χ2v) is 6.40. The third-order valence-corrected chi connectivity index (χ3v) is 5.92. The molecule has 0 aliphatic heterocycles. The van der Waals surface area contributed by atoms with E-state index in [2.05, 4.69) is 18.2 Å². The van der Waals surface area contributed by atoms with Crippen LogP contribution < -0.4 is 0 Å². The van der Waals surface area contributed by atoms with Gasteiger partial charge in [-0.1, -0.05) is 12.2 Å². The van der Waals surface area contributed by atoms with Crippen LogP contribution in [0.15, 0.2) is 12.2 Å². The molecule has 0 aromatic heterocycles. The summed E-state index contributed by atoms with van der Waals surface area (Å²) in [7, 11) is 0. The summed E-state index contributed by atoms with van der Waals surface area (Å²) in [5, 5.41) is 9.42. The molecule has 78 valence electrons. The Balaban J connectivity index is 1.86. The monoisotopic (exact) mass is 199 g/mol. The fourth-order valence-corrected chi connectivity index (χ4v) is 5.22. The third kappa shape index (κ3) is 0.816. The minimum Gasteiger partial charge on any atom is -0.198 e. The lowest BCUT2D eigenvalue weighted by molar-refractivity contribution is -0.107. The van der Waals surface area contributed by atoms with Gasteiger partial charge in [-0.2, -0.15) is 5.26 Å². The summed E-state index contributed by atoms with van der Waals surface area (Å²) in [6.45, 7) is 0. The fraction of sp³-hybridized carbons (Fsp3) is 0.786. The average Bonchev–Trinajstić information content (AvgIpc) is 2.29. The SMILES string of the molecule is N#CC12CCC34C=CC(CC3C1)CC4C2. The van der Waals surface area contributed by atoms with Gasteiger partial charge in [0.2, 0.25) is 0 Å². The van der Waals surface area contributed by atoms with Gasteiger partial charge in [0, 0.05) is 0 Å². The Bertz CT molecular complexity index is 371. The first kappa shape index (κ1) is 8.39.